The van der Waals surface area contributed by atoms with Crippen molar-refractivity contribution in [2.75, 3.05) is 6.61 Å². The minimum Gasteiger partial charge on any atom is -0.494 e. The van der Waals surface area contributed by atoms with Crippen LogP contribution in [0.25, 0.3) is 0 Å². The topological polar surface area (TPSA) is 75.0 Å². The second-order valence-electron chi connectivity index (χ2n) is 9.82. The number of benzene rings is 2. The average molecular weight is 535 g/mol. The third kappa shape index (κ3) is 11.0. The van der Waals surface area contributed by atoms with Crippen molar-refractivity contribution in [1.82, 2.24) is 0 Å². The molecule has 0 N–H and O–H groups in total. The fourth-order valence-electron chi connectivity index (χ4n) is 4.18. The molecule has 0 amide bonds. The summed E-state index contributed by atoms with van der Waals surface area (Å²) in [6.07, 6.45) is 14.1. The fraction of sp³-hybridized carbons (Fsp3) is 0.455. The zero-order valence-corrected chi connectivity index (χ0v) is 23.4. The Labute approximate surface area is 232 Å². The number of carbonyl (C=O) groups is 2. The van der Waals surface area contributed by atoms with E-state index in [2.05, 4.69) is 13.8 Å². The van der Waals surface area contributed by atoms with Gasteiger partial charge < -0.3 is 18.6 Å². The molecule has 3 rings (SSSR count). The molecule has 39 heavy (non-hydrogen) atoms. The number of esters is 2. The van der Waals surface area contributed by atoms with Crippen LogP contribution in [0.15, 0.2) is 65.1 Å². The monoisotopic (exact) mass is 534 g/mol. The molecule has 0 aliphatic heterocycles. The summed E-state index contributed by atoms with van der Waals surface area (Å²) < 4.78 is 22.2. The van der Waals surface area contributed by atoms with Crippen molar-refractivity contribution in [2.45, 2.75) is 90.9 Å². The van der Waals surface area contributed by atoms with Gasteiger partial charge in [-0.3, -0.25) is 0 Å². The number of hydrogen-bond acceptors (Lipinski definition) is 6. The summed E-state index contributed by atoms with van der Waals surface area (Å²) in [6.45, 7) is 5.06. The first-order valence-corrected chi connectivity index (χ1v) is 14.4. The number of hydrogen-bond donors (Lipinski definition) is 0. The van der Waals surface area contributed by atoms with E-state index in [-0.39, 0.29) is 5.76 Å². The van der Waals surface area contributed by atoms with Gasteiger partial charge in [0.25, 0.3) is 0 Å². The molecule has 0 saturated heterocycles. The summed E-state index contributed by atoms with van der Waals surface area (Å²) in [5, 5.41) is 0. The summed E-state index contributed by atoms with van der Waals surface area (Å²) in [5.74, 6) is 1.34. The van der Waals surface area contributed by atoms with E-state index in [4.69, 9.17) is 18.6 Å². The van der Waals surface area contributed by atoms with Crippen LogP contribution in [0.3, 0.4) is 0 Å². The van der Waals surface area contributed by atoms with Gasteiger partial charge in [0.2, 0.25) is 5.76 Å². The van der Waals surface area contributed by atoms with E-state index in [1.807, 2.05) is 6.07 Å². The van der Waals surface area contributed by atoms with E-state index in [1.165, 1.54) is 44.9 Å². The Morgan fingerprint density at radius 1 is 0.590 bits per heavy atom. The van der Waals surface area contributed by atoms with Gasteiger partial charge in [0.05, 0.1) is 12.2 Å². The molecule has 0 aliphatic carbocycles. The third-order valence-electron chi connectivity index (χ3n) is 6.49. The predicted octanol–water partition coefficient (Wildman–Crippen LogP) is 8.97. The van der Waals surface area contributed by atoms with Crippen molar-refractivity contribution in [3.8, 4) is 17.2 Å². The van der Waals surface area contributed by atoms with Crippen molar-refractivity contribution in [2.24, 2.45) is 0 Å². The van der Waals surface area contributed by atoms with Gasteiger partial charge in [-0.2, -0.15) is 0 Å². The molecule has 0 atom stereocenters. The molecule has 1 aromatic heterocycles. The van der Waals surface area contributed by atoms with Gasteiger partial charge >= 0.3 is 11.9 Å². The average Bonchev–Trinajstić information content (AvgIpc) is 3.43. The summed E-state index contributed by atoms with van der Waals surface area (Å²) in [5.41, 5.74) is 0.428. The van der Waals surface area contributed by atoms with Crippen LogP contribution in [0.4, 0.5) is 0 Å². The number of ether oxygens (including phenoxy) is 3. The molecule has 0 aliphatic rings. The zero-order valence-electron chi connectivity index (χ0n) is 23.4. The largest absolute Gasteiger partial charge is 0.494 e. The number of rotatable bonds is 18. The number of furan rings is 1. The van der Waals surface area contributed by atoms with E-state index in [0.29, 0.717) is 23.7 Å². The van der Waals surface area contributed by atoms with Crippen LogP contribution in [-0.2, 0) is 6.42 Å². The molecule has 6 nitrogen and oxygen atoms in total. The molecule has 6 heteroatoms. The Hall–Kier alpha value is -3.54. The Morgan fingerprint density at radius 2 is 1.13 bits per heavy atom. The molecule has 2 aromatic carbocycles. The van der Waals surface area contributed by atoms with Crippen molar-refractivity contribution in [3.63, 3.8) is 0 Å². The van der Waals surface area contributed by atoms with Crippen molar-refractivity contribution >= 4 is 11.9 Å². The van der Waals surface area contributed by atoms with E-state index in [9.17, 15) is 9.59 Å². The second kappa shape index (κ2) is 17.1. The Morgan fingerprint density at radius 3 is 1.77 bits per heavy atom. The van der Waals surface area contributed by atoms with Crippen LogP contribution in [0.2, 0.25) is 0 Å². The van der Waals surface area contributed by atoms with E-state index in [1.54, 1.807) is 54.6 Å². The highest BCUT2D eigenvalue weighted by molar-refractivity contribution is 5.91. The predicted molar refractivity (Wildman–Crippen MR) is 153 cm³/mol. The Balaban J connectivity index is 1.37. The normalized spacial score (nSPS) is 10.8. The van der Waals surface area contributed by atoms with Gasteiger partial charge in [0, 0.05) is 6.42 Å². The number of unbranched alkanes of at least 4 members (excludes halogenated alkanes) is 9. The smallest absolute Gasteiger partial charge is 0.379 e. The minimum absolute atomic E-state index is 0.169. The molecule has 1 heterocycles. The fourth-order valence-corrected chi connectivity index (χ4v) is 4.18. The molecule has 3 aromatic rings. The van der Waals surface area contributed by atoms with E-state index >= 15 is 0 Å². The minimum atomic E-state index is -0.564. The molecule has 0 bridgehead atoms. The molecule has 0 radical (unpaired) electrons. The van der Waals surface area contributed by atoms with Crippen molar-refractivity contribution in [3.05, 3.63) is 77.7 Å². The summed E-state index contributed by atoms with van der Waals surface area (Å²) in [4.78, 5) is 24.9. The number of carbonyl (C=O) groups excluding carboxylic acids is 2. The lowest BCUT2D eigenvalue weighted by Gasteiger charge is -2.08. The zero-order chi connectivity index (χ0) is 27.7. The molecule has 0 saturated carbocycles. The maximum Gasteiger partial charge on any atom is 0.379 e. The van der Waals surface area contributed by atoms with Gasteiger partial charge in [-0.25, -0.2) is 9.59 Å². The third-order valence-corrected chi connectivity index (χ3v) is 6.49. The first-order valence-electron chi connectivity index (χ1n) is 14.4. The van der Waals surface area contributed by atoms with Crippen LogP contribution in [0.5, 0.6) is 17.2 Å². The van der Waals surface area contributed by atoms with Gasteiger partial charge in [0.15, 0.2) is 0 Å². The summed E-state index contributed by atoms with van der Waals surface area (Å²) in [6, 6.07) is 16.7. The molecule has 0 spiro atoms. The molecule has 0 unspecified atom stereocenters. The van der Waals surface area contributed by atoms with E-state index < -0.39 is 11.9 Å². The van der Waals surface area contributed by atoms with Crippen LogP contribution in [0, 0.1) is 0 Å². The first-order chi connectivity index (χ1) is 19.1. The van der Waals surface area contributed by atoms with Crippen LogP contribution < -0.4 is 14.2 Å². The van der Waals surface area contributed by atoms with Crippen LogP contribution >= 0.6 is 0 Å². The molecule has 0 fully saturated rings. The first kappa shape index (κ1) is 30.0. The van der Waals surface area contributed by atoms with Gasteiger partial charge in [-0.15, -0.1) is 0 Å². The summed E-state index contributed by atoms with van der Waals surface area (Å²) >= 11 is 0. The molecular formula is C33H42O6. The second-order valence-corrected chi connectivity index (χ2v) is 9.82. The highest BCUT2D eigenvalue weighted by atomic mass is 16.6. The molecular weight excluding hydrogens is 492 g/mol. The Kier molecular flexibility index (Phi) is 13.2. The molecule has 210 valence electrons. The SMILES string of the molecule is CCCCCCCCCCOc1ccc(C(=O)Oc2ccc(OC(=O)c3ccc(CCCCC)o3)cc2)cc1. The highest BCUT2D eigenvalue weighted by Gasteiger charge is 2.15. The van der Waals surface area contributed by atoms with Crippen molar-refractivity contribution < 1.29 is 28.2 Å². The highest BCUT2D eigenvalue weighted by Crippen LogP contribution is 2.22. The van der Waals surface area contributed by atoms with E-state index in [0.717, 1.165) is 43.6 Å². The van der Waals surface area contributed by atoms with Crippen LogP contribution in [0.1, 0.15) is 111 Å². The number of aryl methyl sites for hydroxylation is 1. The van der Waals surface area contributed by atoms with Gasteiger partial charge in [-0.05, 0) is 73.5 Å². The summed E-state index contributed by atoms with van der Waals surface area (Å²) in [7, 11) is 0. The van der Waals surface area contributed by atoms with Gasteiger partial charge in [0.1, 0.15) is 23.0 Å². The quantitative estimate of drug-likeness (QED) is 0.0921. The lowest BCUT2D eigenvalue weighted by molar-refractivity contribution is 0.0694. The van der Waals surface area contributed by atoms with Crippen molar-refractivity contribution in [1.29, 1.82) is 0 Å². The maximum absolute atomic E-state index is 12.5. The maximum atomic E-state index is 12.5. The standard InChI is InChI=1S/C33H42O6/c1-3-5-7-8-9-10-11-13-25-36-27-17-15-26(16-18-27)32(34)38-29-19-21-30(22-20-29)39-33(35)31-24-23-28(37-31)14-12-6-4-2/h15-24H,3-14,25H2,1-2H3. The lowest BCUT2D eigenvalue weighted by Crippen LogP contribution is -2.09. The van der Waals surface area contributed by atoms with Gasteiger partial charge in [-0.1, -0.05) is 71.6 Å². The van der Waals surface area contributed by atoms with Crippen LogP contribution in [-0.4, -0.2) is 18.5 Å². The Bertz CT molecular complexity index is 1110. The lowest BCUT2D eigenvalue weighted by atomic mass is 10.1.